The van der Waals surface area contributed by atoms with Gasteiger partial charge in [0.25, 0.3) is 0 Å². The first kappa shape index (κ1) is 23.9. The predicted molar refractivity (Wildman–Crippen MR) is 133 cm³/mol. The molecule has 3 nitrogen and oxygen atoms in total. The van der Waals surface area contributed by atoms with Gasteiger partial charge in [-0.2, -0.15) is 0 Å². The Hall–Kier alpha value is -0.830. The normalized spacial score (nSPS) is 55.0. The van der Waals surface area contributed by atoms with Crippen LogP contribution >= 0.6 is 0 Å². The van der Waals surface area contributed by atoms with E-state index in [1.165, 1.54) is 31.3 Å². The molecule has 5 aliphatic rings. The first-order chi connectivity index (χ1) is 15.3. The van der Waals surface area contributed by atoms with Crippen LogP contribution in [0.25, 0.3) is 0 Å². The zero-order valence-electron chi connectivity index (χ0n) is 22.0. The number of aliphatic carboxylic acids is 1. The summed E-state index contributed by atoms with van der Waals surface area (Å²) in [4.78, 5) is 12.8. The van der Waals surface area contributed by atoms with Crippen LogP contribution < -0.4 is 0 Å². The Morgan fingerprint density at radius 2 is 1.52 bits per heavy atom. The summed E-state index contributed by atoms with van der Waals surface area (Å²) >= 11 is 0. The van der Waals surface area contributed by atoms with Crippen molar-refractivity contribution in [2.45, 2.75) is 112 Å². The van der Waals surface area contributed by atoms with E-state index in [0.717, 1.165) is 38.5 Å². The molecule has 0 aromatic carbocycles. The van der Waals surface area contributed by atoms with E-state index in [1.54, 1.807) is 0 Å². The standard InChI is InChI=1S/C30H48O3/c1-18(2)19-10-15-30(25(32)33)17-16-28(6)20(24(19)30)8-9-22-27(5)13-12-23(31)26(3,4)21(27)11-14-29(22,28)7/h19-24,31H,1,8-17H2,2-7H3,(H,32,33)/t19?,20?,21?,22?,23?,24?,27-,28?,29+,30?/m0/s1. The third-order valence-corrected chi connectivity index (χ3v) is 13.5. The van der Waals surface area contributed by atoms with Crippen molar-refractivity contribution < 1.29 is 15.0 Å². The lowest BCUT2D eigenvalue weighted by Crippen LogP contribution is -2.67. The number of carboxylic acid groups (broad SMARTS) is 1. The molecule has 0 radical (unpaired) electrons. The van der Waals surface area contributed by atoms with Gasteiger partial charge in [0, 0.05) is 0 Å². The van der Waals surface area contributed by atoms with Gasteiger partial charge in [-0.15, -0.1) is 0 Å². The molecule has 0 amide bonds. The minimum Gasteiger partial charge on any atom is -0.481 e. The Morgan fingerprint density at radius 1 is 0.818 bits per heavy atom. The quantitative estimate of drug-likeness (QED) is 0.436. The van der Waals surface area contributed by atoms with Crippen LogP contribution in [0.15, 0.2) is 12.2 Å². The zero-order chi connectivity index (χ0) is 24.2. The van der Waals surface area contributed by atoms with Gasteiger partial charge in [-0.1, -0.05) is 46.8 Å². The maximum Gasteiger partial charge on any atom is 0.309 e. The van der Waals surface area contributed by atoms with Crippen LogP contribution in [0.3, 0.4) is 0 Å². The molecule has 0 aliphatic heterocycles. The molecule has 10 atom stereocenters. The van der Waals surface area contributed by atoms with Gasteiger partial charge in [0.05, 0.1) is 11.5 Å². The lowest BCUT2D eigenvalue weighted by Gasteiger charge is -2.72. The van der Waals surface area contributed by atoms with E-state index in [2.05, 4.69) is 48.1 Å². The van der Waals surface area contributed by atoms with Crippen LogP contribution in [0, 0.1) is 56.7 Å². The van der Waals surface area contributed by atoms with Crippen LogP contribution in [-0.2, 0) is 4.79 Å². The first-order valence-corrected chi connectivity index (χ1v) is 13.8. The fraction of sp³-hybridized carbons (Fsp3) is 0.900. The molecule has 186 valence electrons. The molecule has 0 saturated heterocycles. The summed E-state index contributed by atoms with van der Waals surface area (Å²) in [7, 11) is 0. The molecule has 2 N–H and O–H groups in total. The SMILES string of the molecule is C=C(C)C1CCC2(C(=O)O)CCC3(C)C(CCC4[C@@]5(C)CCC(O)C(C)(C)C5CC[C@]43C)C12. The summed E-state index contributed by atoms with van der Waals surface area (Å²) < 4.78 is 0. The van der Waals surface area contributed by atoms with E-state index >= 15 is 0 Å². The van der Waals surface area contributed by atoms with Gasteiger partial charge in [-0.05, 0) is 122 Å². The minimum absolute atomic E-state index is 0.0202. The monoisotopic (exact) mass is 456 g/mol. The highest BCUT2D eigenvalue weighted by Gasteiger charge is 2.71. The average Bonchev–Trinajstić information content (AvgIpc) is 3.13. The molecule has 3 heteroatoms. The van der Waals surface area contributed by atoms with Crippen molar-refractivity contribution in [2.24, 2.45) is 56.7 Å². The van der Waals surface area contributed by atoms with Crippen molar-refractivity contribution >= 4 is 5.97 Å². The number of allylic oxidation sites excluding steroid dienone is 1. The molecule has 0 aromatic heterocycles. The van der Waals surface area contributed by atoms with Crippen molar-refractivity contribution in [3.05, 3.63) is 12.2 Å². The molecule has 33 heavy (non-hydrogen) atoms. The van der Waals surface area contributed by atoms with Gasteiger partial charge in [0.15, 0.2) is 0 Å². The summed E-state index contributed by atoms with van der Waals surface area (Å²) in [5, 5.41) is 21.4. The van der Waals surface area contributed by atoms with E-state index < -0.39 is 11.4 Å². The summed E-state index contributed by atoms with van der Waals surface area (Å²) in [6.07, 6.45) is 10.5. The maximum atomic E-state index is 12.8. The zero-order valence-corrected chi connectivity index (χ0v) is 22.0. The molecule has 5 fully saturated rings. The smallest absolute Gasteiger partial charge is 0.309 e. The molecular weight excluding hydrogens is 408 g/mol. The van der Waals surface area contributed by atoms with Crippen LogP contribution in [0.2, 0.25) is 0 Å². The Bertz CT molecular complexity index is 861. The van der Waals surface area contributed by atoms with Crippen molar-refractivity contribution in [1.82, 2.24) is 0 Å². The molecule has 5 rings (SSSR count). The van der Waals surface area contributed by atoms with Gasteiger partial charge < -0.3 is 10.2 Å². The van der Waals surface area contributed by atoms with Crippen molar-refractivity contribution in [3.63, 3.8) is 0 Å². The average molecular weight is 457 g/mol. The van der Waals surface area contributed by atoms with E-state index in [1.807, 2.05) is 0 Å². The highest BCUT2D eigenvalue weighted by atomic mass is 16.4. The molecule has 0 spiro atoms. The number of carboxylic acids is 1. The number of fused-ring (bicyclic) bond motifs is 7. The van der Waals surface area contributed by atoms with Crippen molar-refractivity contribution in [1.29, 1.82) is 0 Å². The highest BCUT2D eigenvalue weighted by molar-refractivity contribution is 5.76. The summed E-state index contributed by atoms with van der Waals surface area (Å²) in [6, 6.07) is 0. The summed E-state index contributed by atoms with van der Waals surface area (Å²) in [5.74, 6) is 1.79. The number of aliphatic hydroxyl groups excluding tert-OH is 1. The van der Waals surface area contributed by atoms with Crippen LogP contribution in [0.4, 0.5) is 0 Å². The van der Waals surface area contributed by atoms with Crippen LogP contribution in [-0.4, -0.2) is 22.3 Å². The summed E-state index contributed by atoms with van der Waals surface area (Å²) in [5.41, 5.74) is 1.35. The molecule has 5 aliphatic carbocycles. The number of carbonyl (C=O) groups is 1. The van der Waals surface area contributed by atoms with Gasteiger partial charge in [0.1, 0.15) is 0 Å². The van der Waals surface area contributed by atoms with Crippen LogP contribution in [0.1, 0.15) is 106 Å². The van der Waals surface area contributed by atoms with Crippen molar-refractivity contribution in [3.8, 4) is 0 Å². The topological polar surface area (TPSA) is 57.5 Å². The van der Waals surface area contributed by atoms with E-state index in [4.69, 9.17) is 0 Å². The van der Waals surface area contributed by atoms with E-state index in [-0.39, 0.29) is 33.7 Å². The number of hydrogen-bond donors (Lipinski definition) is 2. The Balaban J connectivity index is 1.57. The Labute approximate surface area is 201 Å². The maximum absolute atomic E-state index is 12.8. The second-order valence-corrected chi connectivity index (χ2v) is 14.5. The third kappa shape index (κ3) is 2.75. The molecule has 5 saturated carbocycles. The molecule has 0 heterocycles. The highest BCUT2D eigenvalue weighted by Crippen LogP contribution is 2.77. The lowest BCUT2D eigenvalue weighted by molar-refractivity contribution is -0.248. The summed E-state index contributed by atoms with van der Waals surface area (Å²) in [6.45, 7) is 18.8. The number of hydrogen-bond acceptors (Lipinski definition) is 2. The fourth-order valence-electron chi connectivity index (χ4n) is 11.5. The molecule has 0 aromatic rings. The second-order valence-electron chi connectivity index (χ2n) is 14.5. The van der Waals surface area contributed by atoms with E-state index in [9.17, 15) is 15.0 Å². The van der Waals surface area contributed by atoms with Gasteiger partial charge in [-0.3, -0.25) is 4.79 Å². The van der Waals surface area contributed by atoms with Gasteiger partial charge in [0.2, 0.25) is 0 Å². The van der Waals surface area contributed by atoms with Crippen LogP contribution in [0.5, 0.6) is 0 Å². The Morgan fingerprint density at radius 3 is 2.15 bits per heavy atom. The molecule has 0 bridgehead atoms. The van der Waals surface area contributed by atoms with Gasteiger partial charge in [-0.25, -0.2) is 0 Å². The second kappa shape index (κ2) is 7.11. The Kier molecular flexibility index (Phi) is 5.15. The minimum atomic E-state index is -0.538. The first-order valence-electron chi connectivity index (χ1n) is 13.8. The largest absolute Gasteiger partial charge is 0.481 e. The third-order valence-electron chi connectivity index (χ3n) is 13.5. The lowest BCUT2D eigenvalue weighted by atomic mass is 9.32. The number of aliphatic hydroxyl groups is 1. The predicted octanol–water partition coefficient (Wildman–Crippen LogP) is 7.09. The molecular formula is C30H48O3. The van der Waals surface area contributed by atoms with Gasteiger partial charge >= 0.3 is 5.97 Å². The van der Waals surface area contributed by atoms with E-state index in [0.29, 0.717) is 23.7 Å². The fourth-order valence-corrected chi connectivity index (χ4v) is 11.5. The number of rotatable bonds is 2. The molecule has 8 unspecified atom stereocenters. The van der Waals surface area contributed by atoms with Crippen molar-refractivity contribution in [2.75, 3.05) is 0 Å².